The van der Waals surface area contributed by atoms with Crippen LogP contribution in [0.15, 0.2) is 46.4 Å². The fraction of sp³-hybridized carbons (Fsp3) is 0.125. The average Bonchev–Trinajstić information content (AvgIpc) is 3.11. The van der Waals surface area contributed by atoms with E-state index < -0.39 is 0 Å². The predicted molar refractivity (Wildman–Crippen MR) is 96.9 cm³/mol. The van der Waals surface area contributed by atoms with Gasteiger partial charge in [-0.15, -0.1) is 11.3 Å². The van der Waals surface area contributed by atoms with Crippen molar-refractivity contribution in [2.24, 2.45) is 4.99 Å². The third kappa shape index (κ3) is 2.84. The molecule has 2 aromatic rings. The number of thioether (sulfide) groups is 1. The summed E-state index contributed by atoms with van der Waals surface area (Å²) >= 11 is 9.20. The zero-order chi connectivity index (χ0) is 15.7. The van der Waals surface area contributed by atoms with Gasteiger partial charge in [-0.1, -0.05) is 35.5 Å². The number of carbonyl (C=O) groups is 1. The zero-order valence-electron chi connectivity index (χ0n) is 12.0. The second kappa shape index (κ2) is 6.28. The van der Waals surface area contributed by atoms with Gasteiger partial charge in [0.25, 0.3) is 5.91 Å². The summed E-state index contributed by atoms with van der Waals surface area (Å²) in [6, 6.07) is 9.51. The Morgan fingerprint density at radius 2 is 2.18 bits per heavy atom. The Bertz CT molecular complexity index is 781. The first-order valence-corrected chi connectivity index (χ1v) is 9.07. The molecule has 3 nitrogen and oxygen atoms in total. The first-order chi connectivity index (χ1) is 10.6. The highest BCUT2D eigenvalue weighted by Gasteiger charge is 2.31. The van der Waals surface area contributed by atoms with Gasteiger partial charge in [-0.2, -0.15) is 0 Å². The van der Waals surface area contributed by atoms with Crippen LogP contribution in [0.4, 0.5) is 5.69 Å². The maximum atomic E-state index is 12.7. The molecule has 112 valence electrons. The molecule has 0 saturated heterocycles. The SMILES string of the molecule is CSC1=NC(=Cc2cccs2)C(=O)N1c1ccc(C)c(Cl)c1. The highest BCUT2D eigenvalue weighted by Crippen LogP contribution is 2.31. The van der Waals surface area contributed by atoms with E-state index in [1.807, 2.05) is 48.9 Å². The highest BCUT2D eigenvalue weighted by atomic mass is 35.5. The van der Waals surface area contributed by atoms with Gasteiger partial charge in [0, 0.05) is 9.90 Å². The molecular formula is C16H13ClN2OS2. The minimum absolute atomic E-state index is 0.127. The van der Waals surface area contributed by atoms with Gasteiger partial charge in [0.1, 0.15) is 5.70 Å². The second-order valence-electron chi connectivity index (χ2n) is 4.72. The maximum absolute atomic E-state index is 12.7. The Morgan fingerprint density at radius 1 is 1.36 bits per heavy atom. The molecule has 0 bridgehead atoms. The average molecular weight is 349 g/mol. The lowest BCUT2D eigenvalue weighted by Gasteiger charge is -2.17. The number of anilines is 1. The molecule has 0 fully saturated rings. The van der Waals surface area contributed by atoms with E-state index in [1.165, 1.54) is 11.8 Å². The number of benzene rings is 1. The number of hydrogen-bond donors (Lipinski definition) is 0. The van der Waals surface area contributed by atoms with Crippen LogP contribution in [0.1, 0.15) is 10.4 Å². The number of carbonyl (C=O) groups excluding carboxylic acids is 1. The molecule has 0 aliphatic carbocycles. The Kier molecular flexibility index (Phi) is 4.38. The Labute approximate surface area is 142 Å². The van der Waals surface area contributed by atoms with E-state index in [0.29, 0.717) is 15.9 Å². The molecule has 0 spiro atoms. The van der Waals surface area contributed by atoms with E-state index in [9.17, 15) is 4.79 Å². The van der Waals surface area contributed by atoms with E-state index in [0.717, 1.165) is 16.1 Å². The number of rotatable bonds is 2. The minimum atomic E-state index is -0.127. The summed E-state index contributed by atoms with van der Waals surface area (Å²) in [5, 5.41) is 3.27. The van der Waals surface area contributed by atoms with Gasteiger partial charge in [0.05, 0.1) is 5.69 Å². The predicted octanol–water partition coefficient (Wildman–Crippen LogP) is 4.82. The Balaban J connectivity index is 2.00. The first kappa shape index (κ1) is 15.3. The highest BCUT2D eigenvalue weighted by molar-refractivity contribution is 8.13. The number of halogens is 1. The third-order valence-corrected chi connectivity index (χ3v) is 5.11. The Morgan fingerprint density at radius 3 is 2.82 bits per heavy atom. The van der Waals surface area contributed by atoms with E-state index in [1.54, 1.807) is 22.3 Å². The number of amides is 1. The molecule has 0 atom stereocenters. The van der Waals surface area contributed by atoms with Crippen LogP contribution >= 0.6 is 34.7 Å². The van der Waals surface area contributed by atoms with Crippen molar-refractivity contribution in [1.29, 1.82) is 0 Å². The second-order valence-corrected chi connectivity index (χ2v) is 6.88. The van der Waals surface area contributed by atoms with Gasteiger partial charge < -0.3 is 0 Å². The van der Waals surface area contributed by atoms with Gasteiger partial charge >= 0.3 is 0 Å². The number of nitrogens with zero attached hydrogens (tertiary/aromatic N) is 2. The van der Waals surface area contributed by atoms with Crippen LogP contribution in [0, 0.1) is 6.92 Å². The molecule has 1 amide bonds. The van der Waals surface area contributed by atoms with Crippen LogP contribution in [-0.4, -0.2) is 17.3 Å². The number of aliphatic imine (C=N–C) groups is 1. The lowest BCUT2D eigenvalue weighted by atomic mass is 10.2. The summed E-state index contributed by atoms with van der Waals surface area (Å²) in [5.74, 6) is -0.127. The molecule has 22 heavy (non-hydrogen) atoms. The summed E-state index contributed by atoms with van der Waals surface area (Å²) in [4.78, 5) is 19.8. The number of amidine groups is 1. The summed E-state index contributed by atoms with van der Waals surface area (Å²) in [5.41, 5.74) is 2.17. The molecule has 3 rings (SSSR count). The molecule has 0 N–H and O–H groups in total. The molecule has 1 aliphatic heterocycles. The zero-order valence-corrected chi connectivity index (χ0v) is 14.4. The first-order valence-electron chi connectivity index (χ1n) is 6.58. The van der Waals surface area contributed by atoms with Gasteiger partial charge in [0.2, 0.25) is 0 Å². The molecule has 1 aromatic heterocycles. The summed E-state index contributed by atoms with van der Waals surface area (Å²) in [7, 11) is 0. The quantitative estimate of drug-likeness (QED) is 0.729. The van der Waals surface area contributed by atoms with Gasteiger partial charge in [-0.05, 0) is 48.4 Å². The van der Waals surface area contributed by atoms with E-state index in [-0.39, 0.29) is 5.91 Å². The number of thiophene rings is 1. The molecule has 1 aliphatic rings. The van der Waals surface area contributed by atoms with Gasteiger partial charge in [-0.25, -0.2) is 4.99 Å². The van der Waals surface area contributed by atoms with Crippen molar-refractivity contribution in [2.45, 2.75) is 6.92 Å². The Hall–Kier alpha value is -1.56. The minimum Gasteiger partial charge on any atom is -0.266 e. The molecule has 0 radical (unpaired) electrons. The van der Waals surface area contributed by atoms with Crippen LogP contribution in [-0.2, 0) is 4.79 Å². The van der Waals surface area contributed by atoms with Crippen molar-refractivity contribution in [3.05, 3.63) is 56.9 Å². The number of hydrogen-bond acceptors (Lipinski definition) is 4. The van der Waals surface area contributed by atoms with E-state index in [2.05, 4.69) is 4.99 Å². The topological polar surface area (TPSA) is 32.7 Å². The van der Waals surface area contributed by atoms with Crippen LogP contribution in [0.3, 0.4) is 0 Å². The van der Waals surface area contributed by atoms with Crippen molar-refractivity contribution in [1.82, 2.24) is 0 Å². The van der Waals surface area contributed by atoms with Gasteiger partial charge in [0.15, 0.2) is 5.17 Å². The third-order valence-electron chi connectivity index (χ3n) is 3.25. The molecule has 1 aromatic carbocycles. The summed E-state index contributed by atoms with van der Waals surface area (Å²) < 4.78 is 0. The van der Waals surface area contributed by atoms with Crippen molar-refractivity contribution in [3.63, 3.8) is 0 Å². The monoisotopic (exact) mass is 348 g/mol. The van der Waals surface area contributed by atoms with Crippen LogP contribution in [0.5, 0.6) is 0 Å². The standard InChI is InChI=1S/C16H13ClN2OS2/c1-10-5-6-11(8-13(10)17)19-15(20)14(18-16(19)21-2)9-12-4-3-7-22-12/h3-9H,1-2H3. The van der Waals surface area contributed by atoms with E-state index >= 15 is 0 Å². The van der Waals surface area contributed by atoms with Crippen molar-refractivity contribution in [3.8, 4) is 0 Å². The van der Waals surface area contributed by atoms with Gasteiger partial charge in [-0.3, -0.25) is 9.69 Å². The molecular weight excluding hydrogens is 336 g/mol. The normalized spacial score (nSPS) is 16.5. The van der Waals surface area contributed by atoms with Crippen LogP contribution in [0.2, 0.25) is 5.02 Å². The van der Waals surface area contributed by atoms with E-state index in [4.69, 9.17) is 11.6 Å². The molecule has 0 unspecified atom stereocenters. The van der Waals surface area contributed by atoms with Crippen molar-refractivity contribution in [2.75, 3.05) is 11.2 Å². The van der Waals surface area contributed by atoms with Crippen LogP contribution < -0.4 is 4.90 Å². The summed E-state index contributed by atoms with van der Waals surface area (Å²) in [6.45, 7) is 1.93. The lowest BCUT2D eigenvalue weighted by molar-refractivity contribution is -0.113. The fourth-order valence-corrected chi connectivity index (χ4v) is 3.48. The molecule has 0 saturated carbocycles. The van der Waals surface area contributed by atoms with Crippen LogP contribution in [0.25, 0.3) is 6.08 Å². The number of aryl methyl sites for hydroxylation is 1. The fourth-order valence-electron chi connectivity index (χ4n) is 2.09. The largest absolute Gasteiger partial charge is 0.283 e. The summed E-state index contributed by atoms with van der Waals surface area (Å²) in [6.07, 6.45) is 3.72. The lowest BCUT2D eigenvalue weighted by Crippen LogP contribution is -2.30. The van der Waals surface area contributed by atoms with Crippen molar-refractivity contribution < 1.29 is 4.79 Å². The smallest absolute Gasteiger partial charge is 0.266 e. The maximum Gasteiger partial charge on any atom is 0.283 e. The molecule has 2 heterocycles. The molecule has 6 heteroatoms. The van der Waals surface area contributed by atoms with Crippen molar-refractivity contribution >= 4 is 57.5 Å².